The molecule has 20 heavy (non-hydrogen) atoms. The first-order valence-corrected chi connectivity index (χ1v) is 7.53. The number of aromatic nitrogens is 1. The second-order valence-electron chi connectivity index (χ2n) is 5.78. The van der Waals surface area contributed by atoms with E-state index >= 15 is 0 Å². The molecular weight excluding hydrogens is 250 g/mol. The molecule has 2 aliphatic rings. The fourth-order valence-corrected chi connectivity index (χ4v) is 3.35. The van der Waals surface area contributed by atoms with E-state index in [2.05, 4.69) is 14.8 Å². The number of piperazine rings is 1. The fourth-order valence-electron chi connectivity index (χ4n) is 3.35. The van der Waals surface area contributed by atoms with E-state index in [0.29, 0.717) is 5.69 Å². The Bertz CT molecular complexity index is 456. The van der Waals surface area contributed by atoms with E-state index < -0.39 is 0 Å². The summed E-state index contributed by atoms with van der Waals surface area (Å²) in [5.74, 6) is 0.0302. The molecule has 0 aromatic carbocycles. The molecule has 1 aliphatic carbocycles. The van der Waals surface area contributed by atoms with Gasteiger partial charge in [-0.15, -0.1) is 0 Å². The Morgan fingerprint density at radius 1 is 1.15 bits per heavy atom. The molecule has 0 unspecified atom stereocenters. The molecule has 1 saturated heterocycles. The van der Waals surface area contributed by atoms with Crippen molar-refractivity contribution in [1.29, 1.82) is 5.41 Å². The van der Waals surface area contributed by atoms with Crippen molar-refractivity contribution in [3.05, 3.63) is 24.0 Å². The molecule has 1 saturated carbocycles. The monoisotopic (exact) mass is 273 g/mol. The number of hydrogen-bond acceptors (Lipinski definition) is 4. The third-order valence-corrected chi connectivity index (χ3v) is 4.54. The van der Waals surface area contributed by atoms with Crippen LogP contribution in [0.4, 0.5) is 5.69 Å². The molecule has 0 amide bonds. The smallest absolute Gasteiger partial charge is 0.141 e. The molecule has 1 aromatic rings. The Hall–Kier alpha value is -1.62. The SMILES string of the molecule is N=C(N)c1ccc(N2CCN(C3CCCC3)CC2)cn1. The lowest BCUT2D eigenvalue weighted by Crippen LogP contribution is -2.49. The summed E-state index contributed by atoms with van der Waals surface area (Å²) in [5.41, 5.74) is 7.12. The number of nitrogens with one attached hydrogen (secondary N) is 1. The van der Waals surface area contributed by atoms with Gasteiger partial charge >= 0.3 is 0 Å². The lowest BCUT2D eigenvalue weighted by atomic mass is 10.1. The van der Waals surface area contributed by atoms with Crippen molar-refractivity contribution < 1.29 is 0 Å². The second-order valence-corrected chi connectivity index (χ2v) is 5.78. The summed E-state index contributed by atoms with van der Waals surface area (Å²) in [6.07, 6.45) is 7.41. The molecule has 1 aromatic heterocycles. The van der Waals surface area contributed by atoms with Gasteiger partial charge < -0.3 is 10.6 Å². The molecule has 0 spiro atoms. The fraction of sp³-hybridized carbons (Fsp3) is 0.600. The van der Waals surface area contributed by atoms with Gasteiger partial charge in [0.2, 0.25) is 0 Å². The van der Waals surface area contributed by atoms with Gasteiger partial charge in [-0.1, -0.05) is 12.8 Å². The van der Waals surface area contributed by atoms with Crippen LogP contribution in [-0.2, 0) is 0 Å². The maximum atomic E-state index is 7.37. The van der Waals surface area contributed by atoms with Crippen molar-refractivity contribution in [2.75, 3.05) is 31.1 Å². The number of rotatable bonds is 3. The minimum atomic E-state index is 0.0302. The van der Waals surface area contributed by atoms with Gasteiger partial charge in [-0.2, -0.15) is 0 Å². The van der Waals surface area contributed by atoms with E-state index in [4.69, 9.17) is 11.1 Å². The molecule has 5 heteroatoms. The van der Waals surface area contributed by atoms with Crippen LogP contribution in [0, 0.1) is 5.41 Å². The first-order valence-electron chi connectivity index (χ1n) is 7.53. The van der Waals surface area contributed by atoms with E-state index in [1.807, 2.05) is 18.3 Å². The van der Waals surface area contributed by atoms with Crippen molar-refractivity contribution in [3.63, 3.8) is 0 Å². The molecule has 0 bridgehead atoms. The number of hydrogen-bond donors (Lipinski definition) is 2. The number of anilines is 1. The van der Waals surface area contributed by atoms with Crippen LogP contribution in [0.25, 0.3) is 0 Å². The van der Waals surface area contributed by atoms with E-state index in [0.717, 1.165) is 37.9 Å². The average Bonchev–Trinajstić information content (AvgIpc) is 3.02. The Morgan fingerprint density at radius 3 is 2.40 bits per heavy atom. The topological polar surface area (TPSA) is 69.2 Å². The molecular formula is C15H23N5. The molecule has 0 radical (unpaired) electrons. The maximum absolute atomic E-state index is 7.37. The number of nitrogens with zero attached hydrogens (tertiary/aromatic N) is 3. The van der Waals surface area contributed by atoms with Gasteiger partial charge in [0.1, 0.15) is 11.5 Å². The number of nitrogens with two attached hydrogens (primary N) is 1. The minimum absolute atomic E-state index is 0.0302. The normalized spacial score (nSPS) is 21.3. The highest BCUT2D eigenvalue weighted by atomic mass is 15.3. The van der Waals surface area contributed by atoms with E-state index in [1.165, 1.54) is 25.7 Å². The molecule has 3 N–H and O–H groups in total. The third kappa shape index (κ3) is 2.77. The second kappa shape index (κ2) is 5.79. The van der Waals surface area contributed by atoms with Crippen LogP contribution in [0.1, 0.15) is 31.4 Å². The first kappa shape index (κ1) is 13.4. The predicted octanol–water partition coefficient (Wildman–Crippen LogP) is 1.43. The average molecular weight is 273 g/mol. The van der Waals surface area contributed by atoms with Crippen LogP contribution >= 0.6 is 0 Å². The van der Waals surface area contributed by atoms with Crippen molar-refractivity contribution in [3.8, 4) is 0 Å². The Balaban J connectivity index is 1.58. The summed E-state index contributed by atoms with van der Waals surface area (Å²) in [4.78, 5) is 9.28. The zero-order chi connectivity index (χ0) is 13.9. The highest BCUT2D eigenvalue weighted by Crippen LogP contribution is 2.25. The molecule has 3 rings (SSSR count). The lowest BCUT2D eigenvalue weighted by Gasteiger charge is -2.39. The predicted molar refractivity (Wildman–Crippen MR) is 81.3 cm³/mol. The first-order chi connectivity index (χ1) is 9.74. The van der Waals surface area contributed by atoms with Crippen LogP contribution in [0.3, 0.4) is 0 Å². The van der Waals surface area contributed by atoms with Gasteiger partial charge in [0.05, 0.1) is 11.9 Å². The minimum Gasteiger partial charge on any atom is -0.382 e. The zero-order valence-electron chi connectivity index (χ0n) is 11.9. The standard InChI is InChI=1S/C15H23N5/c16-15(17)14-6-5-13(11-18-14)20-9-7-19(8-10-20)12-3-1-2-4-12/h5-6,11-12H,1-4,7-10H2,(H3,16,17). The van der Waals surface area contributed by atoms with Gasteiger partial charge in [0, 0.05) is 32.2 Å². The third-order valence-electron chi connectivity index (χ3n) is 4.54. The zero-order valence-corrected chi connectivity index (χ0v) is 11.9. The number of pyridine rings is 1. The van der Waals surface area contributed by atoms with Crippen LogP contribution in [0.2, 0.25) is 0 Å². The Labute approximate surface area is 120 Å². The number of amidine groups is 1. The molecule has 2 heterocycles. The van der Waals surface area contributed by atoms with Crippen molar-refractivity contribution in [2.45, 2.75) is 31.7 Å². The highest BCUT2D eigenvalue weighted by molar-refractivity contribution is 5.93. The summed E-state index contributed by atoms with van der Waals surface area (Å²) in [5, 5.41) is 7.37. The summed E-state index contributed by atoms with van der Waals surface area (Å²) < 4.78 is 0. The summed E-state index contributed by atoms with van der Waals surface area (Å²) in [7, 11) is 0. The maximum Gasteiger partial charge on any atom is 0.141 e. The summed E-state index contributed by atoms with van der Waals surface area (Å²) in [6, 6.07) is 4.69. The quantitative estimate of drug-likeness (QED) is 0.646. The van der Waals surface area contributed by atoms with Gasteiger partial charge in [-0.05, 0) is 25.0 Å². The van der Waals surface area contributed by atoms with Crippen LogP contribution in [-0.4, -0.2) is 47.9 Å². The van der Waals surface area contributed by atoms with E-state index in [-0.39, 0.29) is 5.84 Å². The van der Waals surface area contributed by atoms with E-state index in [1.54, 1.807) is 0 Å². The Kier molecular flexibility index (Phi) is 3.87. The molecule has 2 fully saturated rings. The highest BCUT2D eigenvalue weighted by Gasteiger charge is 2.26. The summed E-state index contributed by atoms with van der Waals surface area (Å²) >= 11 is 0. The lowest BCUT2D eigenvalue weighted by molar-refractivity contribution is 0.187. The van der Waals surface area contributed by atoms with Crippen molar-refractivity contribution in [2.24, 2.45) is 5.73 Å². The molecule has 0 atom stereocenters. The largest absolute Gasteiger partial charge is 0.382 e. The van der Waals surface area contributed by atoms with Crippen molar-refractivity contribution in [1.82, 2.24) is 9.88 Å². The van der Waals surface area contributed by atoms with Crippen molar-refractivity contribution >= 4 is 11.5 Å². The van der Waals surface area contributed by atoms with Crippen LogP contribution < -0.4 is 10.6 Å². The van der Waals surface area contributed by atoms with E-state index in [9.17, 15) is 0 Å². The molecule has 1 aliphatic heterocycles. The summed E-state index contributed by atoms with van der Waals surface area (Å²) in [6.45, 7) is 4.44. The Morgan fingerprint density at radius 2 is 1.85 bits per heavy atom. The molecule has 108 valence electrons. The van der Waals surface area contributed by atoms with Crippen LogP contribution in [0.15, 0.2) is 18.3 Å². The van der Waals surface area contributed by atoms with Gasteiger partial charge in [0.15, 0.2) is 0 Å². The van der Waals surface area contributed by atoms with Gasteiger partial charge in [-0.25, -0.2) is 0 Å². The van der Waals surface area contributed by atoms with Gasteiger partial charge in [0.25, 0.3) is 0 Å². The molecule has 5 nitrogen and oxygen atoms in total. The van der Waals surface area contributed by atoms with Crippen LogP contribution in [0.5, 0.6) is 0 Å². The van der Waals surface area contributed by atoms with Gasteiger partial charge in [-0.3, -0.25) is 15.3 Å². The number of nitrogen functional groups attached to an aromatic ring is 1.